The molecule has 1 saturated carbocycles. The Hall–Kier alpha value is -1.61. The Balaban J connectivity index is 1.49. The molecule has 0 aliphatic heterocycles. The molecule has 4 rings (SSSR count). The number of methoxy groups -OCH3 is 1. The fourth-order valence-electron chi connectivity index (χ4n) is 8.81. The van der Waals surface area contributed by atoms with E-state index in [4.69, 9.17) is 4.74 Å². The highest BCUT2D eigenvalue weighted by Gasteiger charge is 2.55. The van der Waals surface area contributed by atoms with E-state index in [2.05, 4.69) is 53.7 Å². The summed E-state index contributed by atoms with van der Waals surface area (Å²) < 4.78 is 5.31. The van der Waals surface area contributed by atoms with E-state index in [0.29, 0.717) is 30.0 Å². The average molecular weight is 523 g/mol. The van der Waals surface area contributed by atoms with Crippen molar-refractivity contribution < 1.29 is 14.6 Å². The summed E-state index contributed by atoms with van der Waals surface area (Å²) in [4.78, 5) is 14.3. The van der Waals surface area contributed by atoms with Gasteiger partial charge in [0, 0.05) is 11.8 Å². The summed E-state index contributed by atoms with van der Waals surface area (Å²) in [5.74, 6) is 3.58. The molecule has 0 bridgehead atoms. The number of fused-ring (bicyclic) bond motifs is 2. The van der Waals surface area contributed by atoms with Crippen molar-refractivity contribution in [3.05, 3.63) is 41.0 Å². The highest BCUT2D eigenvalue weighted by Crippen LogP contribution is 2.60. The minimum Gasteiger partial charge on any atom is -0.497 e. The third-order valence-corrected chi connectivity index (χ3v) is 11.2. The number of aliphatic hydroxyl groups is 1. The van der Waals surface area contributed by atoms with Crippen molar-refractivity contribution >= 4 is 5.78 Å². The third-order valence-electron chi connectivity index (χ3n) is 11.2. The minimum atomic E-state index is -0.664. The second-order valence-electron chi connectivity index (χ2n) is 14.1. The maximum Gasteiger partial charge on any atom is 0.164 e. The van der Waals surface area contributed by atoms with Crippen LogP contribution in [0.25, 0.3) is 0 Å². The van der Waals surface area contributed by atoms with Crippen molar-refractivity contribution in [2.75, 3.05) is 7.11 Å². The Morgan fingerprint density at radius 3 is 2.37 bits per heavy atom. The normalized spacial score (nSPS) is 33.1. The first-order chi connectivity index (χ1) is 18.0. The molecule has 1 fully saturated rings. The maximum absolute atomic E-state index is 14.3. The molecule has 3 nitrogen and oxygen atoms in total. The Labute approximate surface area is 232 Å². The lowest BCUT2D eigenvalue weighted by Gasteiger charge is -2.55. The van der Waals surface area contributed by atoms with Crippen molar-refractivity contribution in [1.82, 2.24) is 0 Å². The SMILES string of the molecule is CC[C@H]([C@H](C)CCCC(C)C)[C@@]1(C)CCC2=C(CC[C@H]3CC(O)(Cc4ccc(OC)cc4)CC[C@]23C)C1=O. The molecule has 3 aliphatic rings. The lowest BCUT2D eigenvalue weighted by molar-refractivity contribution is -0.131. The van der Waals surface area contributed by atoms with E-state index in [1.165, 1.54) is 36.0 Å². The fraction of sp³-hybridized carbons (Fsp3) is 0.743. The number of rotatable bonds is 10. The maximum atomic E-state index is 14.3. The van der Waals surface area contributed by atoms with Crippen molar-refractivity contribution in [3.63, 3.8) is 0 Å². The van der Waals surface area contributed by atoms with Crippen LogP contribution >= 0.6 is 0 Å². The summed E-state index contributed by atoms with van der Waals surface area (Å²) in [7, 11) is 1.69. The van der Waals surface area contributed by atoms with Crippen molar-refractivity contribution in [1.29, 1.82) is 0 Å². The summed E-state index contributed by atoms with van der Waals surface area (Å²) in [6.07, 6.45) is 12.2. The molecule has 0 amide bonds. The van der Waals surface area contributed by atoms with Crippen LogP contribution in [0.3, 0.4) is 0 Å². The summed E-state index contributed by atoms with van der Waals surface area (Å²) >= 11 is 0. The Kier molecular flexibility index (Phi) is 8.87. The number of hydrogen-bond donors (Lipinski definition) is 1. The Morgan fingerprint density at radius 2 is 1.74 bits per heavy atom. The van der Waals surface area contributed by atoms with Crippen LogP contribution in [0.15, 0.2) is 35.4 Å². The zero-order valence-electron chi connectivity index (χ0n) is 25.4. The van der Waals surface area contributed by atoms with Gasteiger partial charge in [0.05, 0.1) is 12.7 Å². The van der Waals surface area contributed by atoms with Gasteiger partial charge in [-0.05, 0) is 97.3 Å². The number of Topliss-reactive ketones (excluding diaryl/α,β-unsaturated/α-hetero) is 1. The van der Waals surface area contributed by atoms with E-state index < -0.39 is 5.60 Å². The lowest BCUT2D eigenvalue weighted by Crippen LogP contribution is -2.51. The summed E-state index contributed by atoms with van der Waals surface area (Å²) in [6.45, 7) is 14.0. The largest absolute Gasteiger partial charge is 0.497 e. The van der Waals surface area contributed by atoms with Crippen LogP contribution < -0.4 is 4.74 Å². The lowest BCUT2D eigenvalue weighted by atomic mass is 9.49. The molecule has 0 radical (unpaired) electrons. The van der Waals surface area contributed by atoms with Gasteiger partial charge in [-0.3, -0.25) is 4.79 Å². The predicted octanol–water partition coefficient (Wildman–Crippen LogP) is 8.72. The van der Waals surface area contributed by atoms with Gasteiger partial charge in [-0.15, -0.1) is 0 Å². The van der Waals surface area contributed by atoms with Crippen LogP contribution in [0, 0.1) is 34.5 Å². The summed E-state index contributed by atoms with van der Waals surface area (Å²) in [6, 6.07) is 8.15. The van der Waals surface area contributed by atoms with Crippen molar-refractivity contribution in [2.45, 2.75) is 124 Å². The van der Waals surface area contributed by atoms with Gasteiger partial charge in [0.2, 0.25) is 0 Å². The molecule has 0 saturated heterocycles. The number of carbonyl (C=O) groups is 1. The van der Waals surface area contributed by atoms with E-state index in [1.807, 2.05) is 12.1 Å². The fourth-order valence-corrected chi connectivity index (χ4v) is 8.81. The first-order valence-corrected chi connectivity index (χ1v) is 15.6. The number of hydrogen-bond acceptors (Lipinski definition) is 3. The summed E-state index contributed by atoms with van der Waals surface area (Å²) in [5, 5.41) is 11.7. The van der Waals surface area contributed by atoms with Crippen molar-refractivity contribution in [3.8, 4) is 5.75 Å². The molecular formula is C35H54O3. The van der Waals surface area contributed by atoms with E-state index in [-0.39, 0.29) is 10.8 Å². The van der Waals surface area contributed by atoms with Gasteiger partial charge in [0.25, 0.3) is 0 Å². The van der Waals surface area contributed by atoms with Gasteiger partial charge in [0.1, 0.15) is 5.75 Å². The standard InChI is InChI=1S/C35H54O3/c1-8-30(25(4)11-9-10-24(2)3)34(6)19-18-31-29(32(34)36)17-14-27-23-35(37,21-20-33(27,31)5)22-26-12-15-28(38-7)16-13-26/h12-13,15-16,24-25,27,30,37H,8-11,14,17-23H2,1-7H3/t25-,27+,30-,33+,34-,35?/m1/s1. The van der Waals surface area contributed by atoms with Crippen LogP contribution in [-0.4, -0.2) is 23.6 Å². The average Bonchev–Trinajstić information content (AvgIpc) is 2.87. The van der Waals surface area contributed by atoms with Crippen LogP contribution in [0.1, 0.15) is 118 Å². The molecule has 0 spiro atoms. The topological polar surface area (TPSA) is 46.5 Å². The molecule has 0 aromatic heterocycles. The molecular weight excluding hydrogens is 468 g/mol. The predicted molar refractivity (Wildman–Crippen MR) is 157 cm³/mol. The molecule has 212 valence electrons. The number of allylic oxidation sites excluding steroid dienone is 2. The molecule has 0 heterocycles. The van der Waals surface area contributed by atoms with Gasteiger partial charge in [-0.2, -0.15) is 0 Å². The smallest absolute Gasteiger partial charge is 0.164 e. The zero-order chi connectivity index (χ0) is 27.7. The molecule has 1 aromatic carbocycles. The van der Waals surface area contributed by atoms with Gasteiger partial charge in [0.15, 0.2) is 5.78 Å². The highest BCUT2D eigenvalue weighted by atomic mass is 16.5. The molecule has 6 atom stereocenters. The zero-order valence-corrected chi connectivity index (χ0v) is 25.4. The van der Waals surface area contributed by atoms with Crippen molar-refractivity contribution in [2.24, 2.45) is 34.5 Å². The van der Waals surface area contributed by atoms with Crippen LogP contribution in [0.2, 0.25) is 0 Å². The first-order valence-electron chi connectivity index (χ1n) is 15.6. The minimum absolute atomic E-state index is 0.0568. The monoisotopic (exact) mass is 522 g/mol. The van der Waals surface area contributed by atoms with E-state index in [1.54, 1.807) is 7.11 Å². The molecule has 1 N–H and O–H groups in total. The molecule has 1 aromatic rings. The van der Waals surface area contributed by atoms with Gasteiger partial charge in [-0.1, -0.05) is 84.9 Å². The van der Waals surface area contributed by atoms with E-state index in [9.17, 15) is 9.90 Å². The van der Waals surface area contributed by atoms with Gasteiger partial charge < -0.3 is 9.84 Å². The van der Waals surface area contributed by atoms with E-state index in [0.717, 1.165) is 63.0 Å². The van der Waals surface area contributed by atoms with Crippen LogP contribution in [-0.2, 0) is 11.2 Å². The molecule has 38 heavy (non-hydrogen) atoms. The van der Waals surface area contributed by atoms with Crippen LogP contribution in [0.5, 0.6) is 5.75 Å². The summed E-state index contributed by atoms with van der Waals surface area (Å²) in [5.41, 5.74) is 2.99. The van der Waals surface area contributed by atoms with E-state index >= 15 is 0 Å². The number of benzene rings is 1. The quantitative estimate of drug-likeness (QED) is 0.334. The molecule has 3 aliphatic carbocycles. The number of ketones is 1. The second kappa shape index (κ2) is 11.5. The van der Waals surface area contributed by atoms with Gasteiger partial charge in [-0.25, -0.2) is 0 Å². The number of carbonyl (C=O) groups excluding carboxylic acids is 1. The Morgan fingerprint density at radius 1 is 1.03 bits per heavy atom. The second-order valence-corrected chi connectivity index (χ2v) is 14.1. The first kappa shape index (κ1) is 29.4. The molecule has 1 unspecified atom stereocenters. The Bertz CT molecular complexity index is 1010. The van der Waals surface area contributed by atoms with Crippen LogP contribution in [0.4, 0.5) is 0 Å². The highest BCUT2D eigenvalue weighted by molar-refractivity contribution is 6.01. The number of ether oxygens (including phenoxy) is 1. The van der Waals surface area contributed by atoms with Gasteiger partial charge >= 0.3 is 0 Å². The third kappa shape index (κ3) is 5.65. The molecule has 3 heteroatoms.